The molecule has 3 aromatic rings. The molecular weight excluding hydrogens is 412 g/mol. The van der Waals surface area contributed by atoms with Crippen LogP contribution in [0.3, 0.4) is 0 Å². The second-order valence-corrected chi connectivity index (χ2v) is 7.86. The van der Waals surface area contributed by atoms with Crippen LogP contribution in [-0.4, -0.2) is 61.6 Å². The van der Waals surface area contributed by atoms with Gasteiger partial charge in [0.15, 0.2) is 5.69 Å². The highest BCUT2D eigenvalue weighted by atomic mass is 16.6. The summed E-state index contributed by atoms with van der Waals surface area (Å²) in [6, 6.07) is 15.8. The molecule has 1 amide bonds. The first-order valence-electron chi connectivity index (χ1n) is 10.4. The van der Waals surface area contributed by atoms with E-state index in [1.165, 1.54) is 28.6 Å². The molecule has 166 valence electrons. The Balaban J connectivity index is 1.44. The van der Waals surface area contributed by atoms with Crippen molar-refractivity contribution in [3.8, 4) is 5.69 Å². The van der Waals surface area contributed by atoms with E-state index in [2.05, 4.69) is 32.7 Å². The van der Waals surface area contributed by atoms with Crippen molar-refractivity contribution in [1.82, 2.24) is 25.2 Å². The Morgan fingerprint density at radius 3 is 2.78 bits per heavy atom. The molecule has 0 saturated carbocycles. The fraction of sp³-hybridized carbons (Fsp3) is 0.318. The Morgan fingerprint density at radius 1 is 1.22 bits per heavy atom. The number of hydrogen-bond acceptors (Lipinski definition) is 7. The topological polar surface area (TPSA) is 126 Å². The van der Waals surface area contributed by atoms with E-state index < -0.39 is 10.8 Å². The van der Waals surface area contributed by atoms with Gasteiger partial charge in [0.1, 0.15) is 0 Å². The Hall–Kier alpha value is -3.63. The van der Waals surface area contributed by atoms with Gasteiger partial charge in [-0.15, -0.1) is 5.10 Å². The van der Waals surface area contributed by atoms with Crippen LogP contribution < -0.4 is 5.32 Å². The number of benzene rings is 2. The molecule has 2 atom stereocenters. The van der Waals surface area contributed by atoms with Crippen LogP contribution in [0, 0.1) is 16.0 Å². The summed E-state index contributed by atoms with van der Waals surface area (Å²) in [7, 11) is 0. The number of nitrogens with one attached hydrogen (secondary N) is 1. The molecule has 1 aliphatic heterocycles. The number of non-ortho nitro benzene ring substituents is 1. The lowest BCUT2D eigenvalue weighted by Gasteiger charge is -2.38. The van der Waals surface area contributed by atoms with Crippen molar-refractivity contribution in [2.45, 2.75) is 19.0 Å². The number of aromatic nitrogens is 3. The monoisotopic (exact) mass is 436 g/mol. The van der Waals surface area contributed by atoms with E-state index in [1.807, 2.05) is 18.2 Å². The number of carbonyl (C=O) groups is 1. The van der Waals surface area contributed by atoms with Gasteiger partial charge in [-0.25, -0.2) is 4.68 Å². The Kier molecular flexibility index (Phi) is 6.52. The van der Waals surface area contributed by atoms with E-state index in [1.54, 1.807) is 12.1 Å². The minimum atomic E-state index is -0.493. The number of amides is 1. The summed E-state index contributed by atoms with van der Waals surface area (Å²) in [4.78, 5) is 25.6. The average molecular weight is 436 g/mol. The molecular formula is C22H24N6O4. The summed E-state index contributed by atoms with van der Waals surface area (Å²) in [6.45, 7) is 2.22. The SMILES string of the molecule is O=C(N[C@H]1CN(Cc2ccccc2)CC[C@@H]1CO)c1cn(-c2cccc([N+](=O)[O-])c2)nn1. The van der Waals surface area contributed by atoms with Crippen LogP contribution in [-0.2, 0) is 6.54 Å². The molecule has 0 radical (unpaired) electrons. The van der Waals surface area contributed by atoms with Gasteiger partial charge in [0, 0.05) is 43.8 Å². The lowest BCUT2D eigenvalue weighted by atomic mass is 9.92. The largest absolute Gasteiger partial charge is 0.396 e. The Morgan fingerprint density at radius 2 is 2.03 bits per heavy atom. The number of hydrogen-bond donors (Lipinski definition) is 2. The number of nitro groups is 1. The van der Waals surface area contributed by atoms with Gasteiger partial charge in [0.05, 0.1) is 16.8 Å². The van der Waals surface area contributed by atoms with Crippen molar-refractivity contribution in [3.05, 3.63) is 82.2 Å². The molecule has 1 aliphatic rings. The Labute approximate surface area is 184 Å². The van der Waals surface area contributed by atoms with Crippen molar-refractivity contribution < 1.29 is 14.8 Å². The van der Waals surface area contributed by atoms with E-state index in [0.29, 0.717) is 12.2 Å². The van der Waals surface area contributed by atoms with Crippen LogP contribution in [0.4, 0.5) is 5.69 Å². The number of aliphatic hydroxyl groups is 1. The molecule has 1 fully saturated rings. The van der Waals surface area contributed by atoms with Crippen LogP contribution in [0.1, 0.15) is 22.5 Å². The Bertz CT molecular complexity index is 1090. The summed E-state index contributed by atoms with van der Waals surface area (Å²) in [5.41, 5.74) is 1.66. The summed E-state index contributed by atoms with van der Waals surface area (Å²) in [5, 5.41) is 31.6. The number of nitrogens with zero attached hydrogens (tertiary/aromatic N) is 5. The van der Waals surface area contributed by atoms with E-state index in [4.69, 9.17) is 0 Å². The van der Waals surface area contributed by atoms with Crippen LogP contribution >= 0.6 is 0 Å². The third-order valence-corrected chi connectivity index (χ3v) is 5.67. The second kappa shape index (κ2) is 9.67. The molecule has 1 saturated heterocycles. The molecule has 10 nitrogen and oxygen atoms in total. The van der Waals surface area contributed by atoms with Gasteiger partial charge < -0.3 is 10.4 Å². The lowest BCUT2D eigenvalue weighted by Crippen LogP contribution is -2.53. The van der Waals surface area contributed by atoms with Crippen molar-refractivity contribution in [3.63, 3.8) is 0 Å². The summed E-state index contributed by atoms with van der Waals surface area (Å²) in [5.74, 6) is -0.440. The van der Waals surface area contributed by atoms with Crippen molar-refractivity contribution in [1.29, 1.82) is 0 Å². The molecule has 0 unspecified atom stereocenters. The second-order valence-electron chi connectivity index (χ2n) is 7.86. The van der Waals surface area contributed by atoms with Crippen molar-refractivity contribution in [2.24, 2.45) is 5.92 Å². The van der Waals surface area contributed by atoms with Gasteiger partial charge in [0.2, 0.25) is 0 Å². The highest BCUT2D eigenvalue weighted by molar-refractivity contribution is 5.92. The summed E-state index contributed by atoms with van der Waals surface area (Å²) >= 11 is 0. The first-order chi connectivity index (χ1) is 15.5. The maximum absolute atomic E-state index is 12.8. The number of piperidine rings is 1. The highest BCUT2D eigenvalue weighted by Gasteiger charge is 2.30. The van der Waals surface area contributed by atoms with Crippen molar-refractivity contribution >= 4 is 11.6 Å². The predicted molar refractivity (Wildman–Crippen MR) is 116 cm³/mol. The minimum absolute atomic E-state index is 0.00943. The van der Waals surface area contributed by atoms with E-state index in [-0.39, 0.29) is 29.9 Å². The zero-order valence-electron chi connectivity index (χ0n) is 17.4. The number of nitro benzene ring substituents is 1. The van der Waals surface area contributed by atoms with Gasteiger partial charge >= 0.3 is 0 Å². The average Bonchev–Trinajstić information content (AvgIpc) is 3.31. The molecule has 1 aromatic heterocycles. The molecule has 32 heavy (non-hydrogen) atoms. The van der Waals surface area contributed by atoms with Gasteiger partial charge in [-0.3, -0.25) is 19.8 Å². The van der Waals surface area contributed by atoms with E-state index in [9.17, 15) is 20.0 Å². The zero-order valence-corrected chi connectivity index (χ0v) is 17.4. The minimum Gasteiger partial charge on any atom is -0.396 e. The smallest absolute Gasteiger partial charge is 0.273 e. The molecule has 2 N–H and O–H groups in total. The van der Waals surface area contributed by atoms with E-state index >= 15 is 0 Å². The first-order valence-corrected chi connectivity index (χ1v) is 10.4. The molecule has 0 aliphatic carbocycles. The van der Waals surface area contributed by atoms with Crippen LogP contribution in [0.15, 0.2) is 60.8 Å². The van der Waals surface area contributed by atoms with Crippen LogP contribution in [0.2, 0.25) is 0 Å². The molecule has 4 rings (SSSR count). The van der Waals surface area contributed by atoms with Gasteiger partial charge in [-0.2, -0.15) is 0 Å². The maximum atomic E-state index is 12.8. The van der Waals surface area contributed by atoms with E-state index in [0.717, 1.165) is 19.5 Å². The molecule has 2 heterocycles. The van der Waals surface area contributed by atoms with Gasteiger partial charge in [-0.1, -0.05) is 41.6 Å². The standard InChI is InChI=1S/C22H24N6O4/c29-15-17-9-10-26(12-16-5-2-1-3-6-16)13-20(17)23-22(30)21-14-27(25-24-21)18-7-4-8-19(11-18)28(31)32/h1-8,11,14,17,20,29H,9-10,12-13,15H2,(H,23,30)/t17-,20+/m1/s1. The summed E-state index contributed by atoms with van der Waals surface area (Å²) in [6.07, 6.45) is 2.21. The molecule has 0 bridgehead atoms. The normalized spacial score (nSPS) is 18.9. The zero-order chi connectivity index (χ0) is 22.5. The lowest BCUT2D eigenvalue weighted by molar-refractivity contribution is -0.384. The number of aliphatic hydroxyl groups excluding tert-OH is 1. The van der Waals surface area contributed by atoms with Crippen LogP contribution in [0.5, 0.6) is 0 Å². The first kappa shape index (κ1) is 21.6. The van der Waals surface area contributed by atoms with Gasteiger partial charge in [0.25, 0.3) is 11.6 Å². The molecule has 2 aromatic carbocycles. The third kappa shape index (κ3) is 4.98. The summed E-state index contributed by atoms with van der Waals surface area (Å²) < 4.78 is 1.33. The number of carbonyl (C=O) groups excluding carboxylic acids is 1. The highest BCUT2D eigenvalue weighted by Crippen LogP contribution is 2.20. The quantitative estimate of drug-likeness (QED) is 0.427. The third-order valence-electron chi connectivity index (χ3n) is 5.67. The van der Waals surface area contributed by atoms with Crippen molar-refractivity contribution in [2.75, 3.05) is 19.7 Å². The van der Waals surface area contributed by atoms with Gasteiger partial charge in [-0.05, 0) is 24.6 Å². The number of rotatable bonds is 7. The molecule has 0 spiro atoms. The fourth-order valence-electron chi connectivity index (χ4n) is 3.92. The fourth-order valence-corrected chi connectivity index (χ4v) is 3.92. The maximum Gasteiger partial charge on any atom is 0.273 e. The number of likely N-dealkylation sites (tertiary alicyclic amines) is 1. The molecule has 10 heteroatoms. The predicted octanol–water partition coefficient (Wildman–Crippen LogP) is 1.79. The van der Waals surface area contributed by atoms with Crippen LogP contribution in [0.25, 0.3) is 5.69 Å².